The zero-order valence-electron chi connectivity index (χ0n) is 11.8. The number of hydrogen-bond acceptors (Lipinski definition) is 4. The molecular weight excluding hydrogens is 254 g/mol. The number of anilines is 1. The molecule has 1 N–H and O–H groups in total. The van der Waals surface area contributed by atoms with Gasteiger partial charge in [0.15, 0.2) is 5.17 Å². The minimum absolute atomic E-state index is 0.689. The van der Waals surface area contributed by atoms with Gasteiger partial charge in [0.1, 0.15) is 0 Å². The number of aliphatic imine (C=N–C) groups is 1. The van der Waals surface area contributed by atoms with Crippen LogP contribution in [0.1, 0.15) is 19.8 Å². The number of amidine groups is 1. The molecule has 19 heavy (non-hydrogen) atoms. The van der Waals surface area contributed by atoms with E-state index in [2.05, 4.69) is 59.5 Å². The largest absolute Gasteiger partial charge is 0.375 e. The van der Waals surface area contributed by atoms with E-state index in [4.69, 9.17) is 0 Å². The van der Waals surface area contributed by atoms with E-state index in [1.165, 1.54) is 12.1 Å². The molecular formula is C15H23N3S. The molecule has 1 unspecified atom stereocenters. The molecule has 0 saturated carbocycles. The van der Waals surface area contributed by atoms with Gasteiger partial charge in [-0.2, -0.15) is 0 Å². The Labute approximate surface area is 120 Å². The minimum Gasteiger partial charge on any atom is -0.375 e. The van der Waals surface area contributed by atoms with Gasteiger partial charge in [-0.1, -0.05) is 36.9 Å². The average Bonchev–Trinajstić information content (AvgIpc) is 2.92. The Morgan fingerprint density at radius 3 is 2.84 bits per heavy atom. The maximum absolute atomic E-state index is 4.52. The van der Waals surface area contributed by atoms with Crippen LogP contribution in [0.4, 0.5) is 5.69 Å². The number of nitrogens with zero attached hydrogens (tertiary/aromatic N) is 2. The van der Waals surface area contributed by atoms with Crippen LogP contribution >= 0.6 is 11.8 Å². The maximum Gasteiger partial charge on any atom is 0.156 e. The Bertz CT molecular complexity index is 405. The summed E-state index contributed by atoms with van der Waals surface area (Å²) in [6.07, 6.45) is 2.33. The van der Waals surface area contributed by atoms with E-state index in [-0.39, 0.29) is 0 Å². The van der Waals surface area contributed by atoms with Gasteiger partial charge in [0, 0.05) is 31.1 Å². The number of hydrogen-bond donors (Lipinski definition) is 1. The Hall–Kier alpha value is -1.16. The van der Waals surface area contributed by atoms with Gasteiger partial charge in [-0.15, -0.1) is 0 Å². The van der Waals surface area contributed by atoms with Gasteiger partial charge >= 0.3 is 0 Å². The summed E-state index contributed by atoms with van der Waals surface area (Å²) in [7, 11) is 2.14. The fourth-order valence-electron chi connectivity index (χ4n) is 2.05. The van der Waals surface area contributed by atoms with E-state index in [0.29, 0.717) is 5.25 Å². The lowest BCUT2D eigenvalue weighted by molar-refractivity contribution is 0.755. The Morgan fingerprint density at radius 2 is 2.16 bits per heavy atom. The molecule has 0 saturated heterocycles. The van der Waals surface area contributed by atoms with Crippen molar-refractivity contribution >= 4 is 22.6 Å². The molecule has 1 aliphatic rings. The van der Waals surface area contributed by atoms with Crippen LogP contribution in [-0.2, 0) is 0 Å². The highest BCUT2D eigenvalue weighted by atomic mass is 32.2. The summed E-state index contributed by atoms with van der Waals surface area (Å²) < 4.78 is 0. The van der Waals surface area contributed by atoms with Crippen LogP contribution in [0.2, 0.25) is 0 Å². The van der Waals surface area contributed by atoms with Crippen molar-refractivity contribution in [2.45, 2.75) is 25.0 Å². The molecule has 0 amide bonds. The van der Waals surface area contributed by atoms with Crippen molar-refractivity contribution in [3.8, 4) is 0 Å². The third-order valence-corrected chi connectivity index (χ3v) is 4.63. The highest BCUT2D eigenvalue weighted by molar-refractivity contribution is 8.14. The Kier molecular flexibility index (Phi) is 5.58. The fraction of sp³-hybridized carbons (Fsp3) is 0.533. The van der Waals surface area contributed by atoms with Crippen molar-refractivity contribution in [2.24, 2.45) is 4.99 Å². The Balaban J connectivity index is 1.62. The molecule has 1 aromatic rings. The van der Waals surface area contributed by atoms with Crippen LogP contribution in [0.25, 0.3) is 0 Å². The van der Waals surface area contributed by atoms with Crippen molar-refractivity contribution in [3.63, 3.8) is 0 Å². The second-order valence-electron chi connectivity index (χ2n) is 4.83. The van der Waals surface area contributed by atoms with Crippen LogP contribution in [0.3, 0.4) is 0 Å². The van der Waals surface area contributed by atoms with Gasteiger partial charge < -0.3 is 10.2 Å². The third-order valence-electron chi connectivity index (χ3n) is 3.32. The molecule has 0 fully saturated rings. The molecule has 0 spiro atoms. The molecule has 1 aromatic carbocycles. The molecule has 2 rings (SSSR count). The maximum atomic E-state index is 4.52. The first kappa shape index (κ1) is 14.3. The summed E-state index contributed by atoms with van der Waals surface area (Å²) in [5.41, 5.74) is 1.28. The van der Waals surface area contributed by atoms with Crippen molar-refractivity contribution in [1.82, 2.24) is 5.32 Å². The smallest absolute Gasteiger partial charge is 0.156 e. The summed E-state index contributed by atoms with van der Waals surface area (Å²) in [5, 5.41) is 5.26. The first-order chi connectivity index (χ1) is 9.29. The summed E-state index contributed by atoms with van der Waals surface area (Å²) in [6.45, 7) is 5.27. The number of benzene rings is 1. The molecule has 4 heteroatoms. The molecule has 1 atom stereocenters. The normalized spacial score (nSPS) is 18.2. The number of para-hydroxylation sites is 1. The third kappa shape index (κ3) is 4.46. The van der Waals surface area contributed by atoms with Crippen molar-refractivity contribution < 1.29 is 0 Å². The molecule has 104 valence electrons. The summed E-state index contributed by atoms with van der Waals surface area (Å²) in [4.78, 5) is 6.81. The molecule has 1 aliphatic heterocycles. The zero-order chi connectivity index (χ0) is 13.5. The minimum atomic E-state index is 0.689. The highest BCUT2D eigenvalue weighted by Crippen LogP contribution is 2.21. The van der Waals surface area contributed by atoms with Gasteiger partial charge in [0.05, 0.1) is 6.54 Å². The number of nitrogens with one attached hydrogen (secondary N) is 1. The summed E-state index contributed by atoms with van der Waals surface area (Å²) in [6, 6.07) is 10.5. The molecule has 0 aromatic heterocycles. The number of rotatable bonds is 6. The van der Waals surface area contributed by atoms with E-state index < -0.39 is 0 Å². The second kappa shape index (κ2) is 7.43. The van der Waals surface area contributed by atoms with Gasteiger partial charge in [-0.05, 0) is 25.0 Å². The van der Waals surface area contributed by atoms with E-state index in [0.717, 1.165) is 31.2 Å². The molecule has 0 radical (unpaired) electrons. The van der Waals surface area contributed by atoms with E-state index in [9.17, 15) is 0 Å². The average molecular weight is 277 g/mol. The molecule has 0 bridgehead atoms. The molecule has 1 heterocycles. The van der Waals surface area contributed by atoms with Crippen LogP contribution in [0.5, 0.6) is 0 Å². The van der Waals surface area contributed by atoms with Gasteiger partial charge in [0.2, 0.25) is 0 Å². The highest BCUT2D eigenvalue weighted by Gasteiger charge is 2.16. The lowest BCUT2D eigenvalue weighted by Gasteiger charge is -2.19. The van der Waals surface area contributed by atoms with E-state index in [1.807, 2.05) is 11.8 Å². The van der Waals surface area contributed by atoms with Crippen molar-refractivity contribution in [1.29, 1.82) is 0 Å². The van der Waals surface area contributed by atoms with Crippen molar-refractivity contribution in [2.75, 3.05) is 31.6 Å². The van der Waals surface area contributed by atoms with Crippen LogP contribution in [0, 0.1) is 0 Å². The predicted molar refractivity (Wildman–Crippen MR) is 86.3 cm³/mol. The number of thioether (sulfide) groups is 1. The first-order valence-electron chi connectivity index (χ1n) is 7.00. The lowest BCUT2D eigenvalue weighted by atomic mass is 10.3. The van der Waals surface area contributed by atoms with Crippen molar-refractivity contribution in [3.05, 3.63) is 30.3 Å². The van der Waals surface area contributed by atoms with Gasteiger partial charge in [0.25, 0.3) is 0 Å². The van der Waals surface area contributed by atoms with Crippen LogP contribution in [0.15, 0.2) is 35.3 Å². The molecule has 3 nitrogen and oxygen atoms in total. The topological polar surface area (TPSA) is 27.6 Å². The fourth-order valence-corrected chi connectivity index (χ4v) is 3.02. The Morgan fingerprint density at radius 1 is 1.37 bits per heavy atom. The van der Waals surface area contributed by atoms with E-state index >= 15 is 0 Å². The van der Waals surface area contributed by atoms with Gasteiger partial charge in [-0.25, -0.2) is 0 Å². The standard InChI is InChI=1S/C15H23N3S/c1-3-14-12-17-15(19-14)16-10-7-11-18(2)13-8-5-4-6-9-13/h4-6,8-9,14H,3,7,10-12H2,1-2H3,(H,16,17). The monoisotopic (exact) mass is 277 g/mol. The van der Waals surface area contributed by atoms with Crippen LogP contribution < -0.4 is 10.2 Å². The zero-order valence-corrected chi connectivity index (χ0v) is 12.6. The van der Waals surface area contributed by atoms with E-state index in [1.54, 1.807) is 0 Å². The van der Waals surface area contributed by atoms with Gasteiger partial charge in [-0.3, -0.25) is 4.99 Å². The summed E-state index contributed by atoms with van der Waals surface area (Å²) >= 11 is 1.89. The summed E-state index contributed by atoms with van der Waals surface area (Å²) in [5.74, 6) is 0. The molecule has 0 aliphatic carbocycles. The second-order valence-corrected chi connectivity index (χ2v) is 6.12. The first-order valence-corrected chi connectivity index (χ1v) is 7.88. The SMILES string of the molecule is CCC1CN=C(NCCCN(C)c2ccccc2)S1. The van der Waals surface area contributed by atoms with Crippen LogP contribution in [-0.4, -0.2) is 37.1 Å². The lowest BCUT2D eigenvalue weighted by Crippen LogP contribution is -2.26. The quantitative estimate of drug-likeness (QED) is 0.810. The predicted octanol–water partition coefficient (Wildman–Crippen LogP) is 2.98.